The van der Waals surface area contributed by atoms with Gasteiger partial charge in [-0.2, -0.15) is 0 Å². The summed E-state index contributed by atoms with van der Waals surface area (Å²) in [6, 6.07) is 0. The van der Waals surface area contributed by atoms with Crippen LogP contribution in [0.15, 0.2) is 0 Å². The van der Waals surface area contributed by atoms with Gasteiger partial charge in [0.2, 0.25) is 0 Å². The molecule has 0 spiro atoms. The second kappa shape index (κ2) is 40.6. The summed E-state index contributed by atoms with van der Waals surface area (Å²) in [7, 11) is 0. The summed E-state index contributed by atoms with van der Waals surface area (Å²) in [6.07, 6.45) is 60.3. The highest BCUT2D eigenvalue weighted by molar-refractivity contribution is 5.75. The van der Waals surface area contributed by atoms with Gasteiger partial charge in [-0.3, -0.25) is 0 Å². The van der Waals surface area contributed by atoms with Gasteiger partial charge in [-0.05, 0) is 73.6 Å². The van der Waals surface area contributed by atoms with Gasteiger partial charge in [0.25, 0.3) is 0 Å². The maximum atomic E-state index is 7.14. The van der Waals surface area contributed by atoms with E-state index >= 15 is 0 Å². The summed E-state index contributed by atoms with van der Waals surface area (Å²) in [5, 5.41) is 0. The molecule has 330 valence electrons. The molecule has 0 heterocycles. The van der Waals surface area contributed by atoms with Crippen molar-refractivity contribution < 1.29 is 0 Å². The normalized spacial score (nSPS) is 11.6. The lowest BCUT2D eigenvalue weighted by atomic mass is 9.83. The highest BCUT2D eigenvalue weighted by Gasteiger charge is 2.20. The topological polar surface area (TPSA) is 52.0 Å². The number of hydrogen-bond acceptors (Lipinski definition) is 2. The first kappa shape index (κ1) is 52.8. The standard InChI is InChI=1S/C54H104N2/c1-5-9-13-17-21-25-29-33-37-41-45-49-50(46-42-38-34-30-26-22-18-14-10-6-2)52(48-44-40-36-32-28-24-20-16-12-8-4)54(56)53(55)51(49)47-43-39-35-31-27-23-19-15-11-7-3/h5-48,55-56H2,1-4H3. The van der Waals surface area contributed by atoms with Crippen LogP contribution in [0.1, 0.15) is 307 Å². The maximum absolute atomic E-state index is 7.14. The Kier molecular flexibility index (Phi) is 38.3. The van der Waals surface area contributed by atoms with E-state index in [0.717, 1.165) is 24.2 Å². The summed E-state index contributed by atoms with van der Waals surface area (Å²) in [6.45, 7) is 9.27. The van der Waals surface area contributed by atoms with Crippen molar-refractivity contribution in [2.75, 3.05) is 11.5 Å². The highest BCUT2D eigenvalue weighted by Crippen LogP contribution is 2.37. The average Bonchev–Trinajstić information content (AvgIpc) is 3.20. The Bertz CT molecular complexity index is 889. The van der Waals surface area contributed by atoms with Crippen molar-refractivity contribution in [3.05, 3.63) is 22.3 Å². The number of rotatable bonds is 44. The van der Waals surface area contributed by atoms with Gasteiger partial charge >= 0.3 is 0 Å². The first-order chi connectivity index (χ1) is 27.6. The van der Waals surface area contributed by atoms with Crippen LogP contribution in [0.2, 0.25) is 0 Å². The monoisotopic (exact) mass is 781 g/mol. The fourth-order valence-electron chi connectivity index (χ4n) is 9.35. The maximum Gasteiger partial charge on any atom is 0.0586 e. The molecule has 0 radical (unpaired) electrons. The number of benzene rings is 1. The third kappa shape index (κ3) is 28.3. The Morgan fingerprint density at radius 1 is 0.196 bits per heavy atom. The Balaban J connectivity index is 2.99. The van der Waals surface area contributed by atoms with Crippen molar-refractivity contribution in [1.82, 2.24) is 0 Å². The van der Waals surface area contributed by atoms with Gasteiger partial charge in [0.1, 0.15) is 0 Å². The third-order valence-electron chi connectivity index (χ3n) is 13.2. The van der Waals surface area contributed by atoms with E-state index in [1.807, 2.05) is 0 Å². The number of nitrogens with two attached hydrogens (primary N) is 2. The van der Waals surface area contributed by atoms with Crippen LogP contribution in [0.5, 0.6) is 0 Å². The van der Waals surface area contributed by atoms with Gasteiger partial charge in [-0.1, -0.05) is 259 Å². The van der Waals surface area contributed by atoms with E-state index < -0.39 is 0 Å². The fourth-order valence-corrected chi connectivity index (χ4v) is 9.35. The van der Waals surface area contributed by atoms with Crippen LogP contribution in [-0.2, 0) is 25.7 Å². The quantitative estimate of drug-likeness (QED) is 0.0512. The van der Waals surface area contributed by atoms with Crippen molar-refractivity contribution in [2.45, 2.75) is 310 Å². The Hall–Kier alpha value is -1.18. The zero-order valence-electron chi connectivity index (χ0n) is 39.3. The molecule has 1 aromatic carbocycles. The molecule has 0 saturated carbocycles. The molecule has 56 heavy (non-hydrogen) atoms. The van der Waals surface area contributed by atoms with E-state index in [2.05, 4.69) is 27.7 Å². The van der Waals surface area contributed by atoms with Crippen molar-refractivity contribution in [2.24, 2.45) is 0 Å². The summed E-state index contributed by atoms with van der Waals surface area (Å²) in [5.41, 5.74) is 22.5. The minimum atomic E-state index is 0.969. The molecule has 0 bridgehead atoms. The first-order valence-corrected chi connectivity index (χ1v) is 26.3. The van der Waals surface area contributed by atoms with E-state index in [0.29, 0.717) is 0 Å². The molecule has 0 saturated heterocycles. The van der Waals surface area contributed by atoms with Crippen LogP contribution in [0.4, 0.5) is 11.4 Å². The second-order valence-electron chi connectivity index (χ2n) is 18.5. The molecular formula is C54H104N2. The van der Waals surface area contributed by atoms with Gasteiger partial charge in [-0.25, -0.2) is 0 Å². The van der Waals surface area contributed by atoms with Crippen LogP contribution in [0.3, 0.4) is 0 Å². The van der Waals surface area contributed by atoms with Crippen LogP contribution < -0.4 is 11.5 Å². The minimum Gasteiger partial charge on any atom is -0.397 e. The van der Waals surface area contributed by atoms with Gasteiger partial charge in [0, 0.05) is 0 Å². The molecule has 4 N–H and O–H groups in total. The van der Waals surface area contributed by atoms with Crippen molar-refractivity contribution in [3.63, 3.8) is 0 Å². The van der Waals surface area contributed by atoms with Crippen molar-refractivity contribution >= 4 is 11.4 Å². The summed E-state index contributed by atoms with van der Waals surface area (Å²) < 4.78 is 0. The summed E-state index contributed by atoms with van der Waals surface area (Å²) in [5.74, 6) is 0. The third-order valence-corrected chi connectivity index (χ3v) is 13.2. The lowest BCUT2D eigenvalue weighted by Gasteiger charge is -2.24. The molecule has 0 fully saturated rings. The molecule has 0 aliphatic carbocycles. The van der Waals surface area contributed by atoms with E-state index in [1.54, 1.807) is 11.1 Å². The van der Waals surface area contributed by atoms with Crippen molar-refractivity contribution in [3.8, 4) is 0 Å². The number of unbranched alkanes of at least 4 members (excludes halogenated alkanes) is 36. The van der Waals surface area contributed by atoms with Crippen LogP contribution in [0, 0.1) is 0 Å². The first-order valence-electron chi connectivity index (χ1n) is 26.3. The Morgan fingerprint density at radius 3 is 0.518 bits per heavy atom. The van der Waals surface area contributed by atoms with Gasteiger partial charge < -0.3 is 11.5 Å². The van der Waals surface area contributed by atoms with E-state index in [9.17, 15) is 0 Å². The summed E-state index contributed by atoms with van der Waals surface area (Å²) >= 11 is 0. The Labute approximate surface area is 354 Å². The zero-order chi connectivity index (χ0) is 40.6. The number of hydrogen-bond donors (Lipinski definition) is 2. The highest BCUT2D eigenvalue weighted by atomic mass is 14.7. The van der Waals surface area contributed by atoms with Gasteiger partial charge in [-0.15, -0.1) is 0 Å². The molecular weight excluding hydrogens is 677 g/mol. The Morgan fingerprint density at radius 2 is 0.339 bits per heavy atom. The van der Waals surface area contributed by atoms with Crippen molar-refractivity contribution in [1.29, 1.82) is 0 Å². The molecule has 0 unspecified atom stereocenters. The van der Waals surface area contributed by atoms with E-state index in [1.165, 1.54) is 281 Å². The van der Waals surface area contributed by atoms with Crippen LogP contribution >= 0.6 is 0 Å². The van der Waals surface area contributed by atoms with Gasteiger partial charge in [0.15, 0.2) is 0 Å². The minimum absolute atomic E-state index is 0.969. The lowest BCUT2D eigenvalue weighted by Crippen LogP contribution is -2.14. The molecule has 0 aromatic heterocycles. The largest absolute Gasteiger partial charge is 0.397 e. The van der Waals surface area contributed by atoms with Crippen LogP contribution in [0.25, 0.3) is 0 Å². The molecule has 2 heteroatoms. The van der Waals surface area contributed by atoms with E-state index in [4.69, 9.17) is 11.5 Å². The molecule has 1 aromatic rings. The molecule has 0 amide bonds. The molecule has 0 aliphatic rings. The number of anilines is 2. The fraction of sp³-hybridized carbons (Fsp3) is 0.889. The smallest absolute Gasteiger partial charge is 0.0586 e. The van der Waals surface area contributed by atoms with Gasteiger partial charge in [0.05, 0.1) is 11.4 Å². The predicted molar refractivity (Wildman–Crippen MR) is 257 cm³/mol. The SMILES string of the molecule is CCCCCCCCCCCCc1c(N)c(N)c(CCCCCCCCCCCC)c(CCCCCCCCCCCC)c1CCCCCCCCCCCC. The zero-order valence-corrected chi connectivity index (χ0v) is 39.3. The predicted octanol–water partition coefficient (Wildman–Crippen LogP) is 18.7. The summed E-state index contributed by atoms with van der Waals surface area (Å²) in [4.78, 5) is 0. The van der Waals surface area contributed by atoms with E-state index in [-0.39, 0.29) is 0 Å². The second-order valence-corrected chi connectivity index (χ2v) is 18.5. The van der Waals surface area contributed by atoms with Crippen LogP contribution in [-0.4, -0.2) is 0 Å². The average molecular weight is 781 g/mol. The lowest BCUT2D eigenvalue weighted by molar-refractivity contribution is 0.549. The molecule has 2 nitrogen and oxygen atoms in total. The molecule has 0 aliphatic heterocycles. The number of nitrogen functional groups attached to an aromatic ring is 2. The molecule has 1 rings (SSSR count). The molecule has 0 atom stereocenters.